The van der Waals surface area contributed by atoms with Gasteiger partial charge in [-0.25, -0.2) is 4.79 Å². The van der Waals surface area contributed by atoms with Crippen molar-refractivity contribution in [1.82, 2.24) is 4.98 Å². The molecule has 0 aliphatic heterocycles. The second kappa shape index (κ2) is 12.2. The van der Waals surface area contributed by atoms with Crippen LogP contribution in [0.2, 0.25) is 0 Å². The van der Waals surface area contributed by atoms with Crippen molar-refractivity contribution in [3.8, 4) is 28.7 Å². The first kappa shape index (κ1) is 26.6. The molecule has 0 saturated heterocycles. The monoisotopic (exact) mass is 517 g/mol. The SMILES string of the molecule is COCCOc1cc2nccc(Oc3cc(C)c(NC(=O)Nc4ccccc4OC)cc3C)c2cc1OC. The van der Waals surface area contributed by atoms with Crippen LogP contribution in [0.1, 0.15) is 11.1 Å². The van der Waals surface area contributed by atoms with Gasteiger partial charge in [0, 0.05) is 30.4 Å². The number of fused-ring (bicyclic) bond motifs is 1. The highest BCUT2D eigenvalue weighted by Gasteiger charge is 2.15. The number of amides is 2. The molecule has 4 aromatic rings. The third kappa shape index (κ3) is 6.07. The molecule has 0 fully saturated rings. The summed E-state index contributed by atoms with van der Waals surface area (Å²) in [5, 5.41) is 6.50. The second-order valence-electron chi connectivity index (χ2n) is 8.48. The fourth-order valence-corrected chi connectivity index (χ4v) is 3.90. The van der Waals surface area contributed by atoms with Gasteiger partial charge in [-0.15, -0.1) is 0 Å². The molecule has 198 valence electrons. The van der Waals surface area contributed by atoms with Crippen LogP contribution >= 0.6 is 0 Å². The van der Waals surface area contributed by atoms with Gasteiger partial charge in [-0.2, -0.15) is 0 Å². The Bertz CT molecular complexity index is 1440. The van der Waals surface area contributed by atoms with E-state index in [-0.39, 0.29) is 6.03 Å². The number of nitrogens with one attached hydrogen (secondary N) is 2. The van der Waals surface area contributed by atoms with E-state index in [4.69, 9.17) is 23.7 Å². The number of benzene rings is 3. The van der Waals surface area contributed by atoms with Crippen LogP contribution in [0.5, 0.6) is 28.7 Å². The number of pyridine rings is 1. The molecule has 2 N–H and O–H groups in total. The van der Waals surface area contributed by atoms with Crippen LogP contribution < -0.4 is 29.6 Å². The average Bonchev–Trinajstić information content (AvgIpc) is 2.91. The van der Waals surface area contributed by atoms with Gasteiger partial charge in [0.15, 0.2) is 11.5 Å². The fraction of sp³-hybridized carbons (Fsp3) is 0.241. The van der Waals surface area contributed by atoms with E-state index in [1.807, 2.05) is 50.2 Å². The minimum atomic E-state index is -0.374. The van der Waals surface area contributed by atoms with Gasteiger partial charge < -0.3 is 34.3 Å². The Morgan fingerprint density at radius 2 is 1.53 bits per heavy atom. The van der Waals surface area contributed by atoms with Crippen LogP contribution in [0.3, 0.4) is 0 Å². The van der Waals surface area contributed by atoms with Crippen LogP contribution in [0.15, 0.2) is 60.8 Å². The third-order valence-electron chi connectivity index (χ3n) is 5.88. The third-order valence-corrected chi connectivity index (χ3v) is 5.88. The molecule has 4 rings (SSSR count). The molecule has 0 unspecified atom stereocenters. The van der Waals surface area contributed by atoms with Crippen LogP contribution in [0, 0.1) is 13.8 Å². The summed E-state index contributed by atoms with van der Waals surface area (Å²) in [4.78, 5) is 17.1. The first-order valence-corrected chi connectivity index (χ1v) is 12.0. The van der Waals surface area contributed by atoms with Gasteiger partial charge in [0.05, 0.1) is 32.0 Å². The second-order valence-corrected chi connectivity index (χ2v) is 8.48. The molecule has 2 amide bonds. The van der Waals surface area contributed by atoms with Gasteiger partial charge in [-0.05, 0) is 61.4 Å². The van der Waals surface area contributed by atoms with Gasteiger partial charge in [0.25, 0.3) is 0 Å². The minimum Gasteiger partial charge on any atom is -0.495 e. The van der Waals surface area contributed by atoms with Crippen molar-refractivity contribution in [2.75, 3.05) is 45.2 Å². The van der Waals surface area contributed by atoms with Gasteiger partial charge in [-0.1, -0.05) is 12.1 Å². The Balaban J connectivity index is 1.55. The number of methoxy groups -OCH3 is 3. The van der Waals surface area contributed by atoms with E-state index in [1.165, 1.54) is 0 Å². The molecule has 0 radical (unpaired) electrons. The number of carbonyl (C=O) groups excluding carboxylic acids is 1. The number of aromatic nitrogens is 1. The van der Waals surface area contributed by atoms with E-state index in [2.05, 4.69) is 15.6 Å². The summed E-state index contributed by atoms with van der Waals surface area (Å²) >= 11 is 0. The molecule has 1 aromatic heterocycles. The summed E-state index contributed by atoms with van der Waals surface area (Å²) in [6, 6.07) is 16.1. The lowest BCUT2D eigenvalue weighted by Crippen LogP contribution is -2.20. The van der Waals surface area contributed by atoms with E-state index < -0.39 is 0 Å². The first-order chi connectivity index (χ1) is 18.4. The molecule has 0 saturated carbocycles. The van der Waals surface area contributed by atoms with Crippen molar-refractivity contribution in [2.24, 2.45) is 0 Å². The molecule has 0 bridgehead atoms. The highest BCUT2D eigenvalue weighted by Crippen LogP contribution is 2.38. The Hall–Kier alpha value is -4.50. The lowest BCUT2D eigenvalue weighted by molar-refractivity contribution is 0.144. The zero-order chi connectivity index (χ0) is 27.1. The van der Waals surface area contributed by atoms with E-state index >= 15 is 0 Å². The minimum absolute atomic E-state index is 0.374. The number of rotatable bonds is 10. The molecule has 9 nitrogen and oxygen atoms in total. The first-order valence-electron chi connectivity index (χ1n) is 12.0. The average molecular weight is 518 g/mol. The van der Waals surface area contributed by atoms with Crippen molar-refractivity contribution in [3.05, 3.63) is 71.9 Å². The molecule has 0 aliphatic rings. The highest BCUT2D eigenvalue weighted by molar-refractivity contribution is 6.01. The van der Waals surface area contributed by atoms with Crippen LogP contribution in [-0.2, 0) is 4.74 Å². The Morgan fingerprint density at radius 1 is 0.763 bits per heavy atom. The quantitative estimate of drug-likeness (QED) is 0.237. The molecular formula is C29H31N3O6. The highest BCUT2D eigenvalue weighted by atomic mass is 16.5. The zero-order valence-electron chi connectivity index (χ0n) is 22.1. The van der Waals surface area contributed by atoms with E-state index in [9.17, 15) is 4.79 Å². The van der Waals surface area contributed by atoms with E-state index in [0.29, 0.717) is 58.9 Å². The molecule has 0 spiro atoms. The predicted octanol–water partition coefficient (Wildman–Crippen LogP) is 6.33. The topological polar surface area (TPSA) is 100 Å². The predicted molar refractivity (Wildman–Crippen MR) is 147 cm³/mol. The number of aryl methyl sites for hydroxylation is 2. The summed E-state index contributed by atoms with van der Waals surface area (Å²) in [5.74, 6) is 3.00. The van der Waals surface area contributed by atoms with Crippen molar-refractivity contribution >= 4 is 28.3 Å². The van der Waals surface area contributed by atoms with Crippen LogP contribution in [0.4, 0.5) is 16.2 Å². The maximum absolute atomic E-state index is 12.7. The number of hydrogen-bond acceptors (Lipinski definition) is 7. The van der Waals surface area contributed by atoms with Crippen LogP contribution in [-0.4, -0.2) is 45.6 Å². The Kier molecular flexibility index (Phi) is 8.50. The summed E-state index contributed by atoms with van der Waals surface area (Å²) in [7, 11) is 4.77. The van der Waals surface area contributed by atoms with E-state index in [1.54, 1.807) is 45.7 Å². The number of para-hydroxylation sites is 2. The zero-order valence-corrected chi connectivity index (χ0v) is 22.1. The lowest BCUT2D eigenvalue weighted by atomic mass is 10.1. The Morgan fingerprint density at radius 3 is 2.29 bits per heavy atom. The smallest absolute Gasteiger partial charge is 0.323 e. The van der Waals surface area contributed by atoms with Gasteiger partial charge in [0.1, 0.15) is 23.9 Å². The molecule has 1 heterocycles. The fourth-order valence-electron chi connectivity index (χ4n) is 3.90. The van der Waals surface area contributed by atoms with Gasteiger partial charge in [0.2, 0.25) is 0 Å². The van der Waals surface area contributed by atoms with Crippen molar-refractivity contribution < 1.29 is 28.5 Å². The molecule has 0 atom stereocenters. The Labute approximate surface area is 221 Å². The number of anilines is 2. The number of urea groups is 1. The summed E-state index contributed by atoms with van der Waals surface area (Å²) in [5.41, 5.74) is 3.64. The number of hydrogen-bond donors (Lipinski definition) is 2. The summed E-state index contributed by atoms with van der Waals surface area (Å²) < 4.78 is 28.0. The van der Waals surface area contributed by atoms with Crippen molar-refractivity contribution in [1.29, 1.82) is 0 Å². The summed E-state index contributed by atoms with van der Waals surface area (Å²) in [6.07, 6.45) is 1.68. The van der Waals surface area contributed by atoms with Gasteiger partial charge >= 0.3 is 6.03 Å². The standard InChI is InChI=1S/C29H31N3O6/c1-18-15-26(19(2)14-22(18)32-29(33)31-21-8-6-7-9-25(21)35-4)38-24-10-11-30-23-17-28(37-13-12-34-3)27(36-5)16-20(23)24/h6-11,14-17H,12-13H2,1-5H3,(H2,31,32,33). The lowest BCUT2D eigenvalue weighted by Gasteiger charge is -2.17. The van der Waals surface area contributed by atoms with Crippen molar-refractivity contribution in [3.63, 3.8) is 0 Å². The molecule has 9 heteroatoms. The molecule has 38 heavy (non-hydrogen) atoms. The molecule has 3 aromatic carbocycles. The number of carbonyl (C=O) groups is 1. The number of nitrogens with zero attached hydrogens (tertiary/aromatic N) is 1. The van der Waals surface area contributed by atoms with Crippen molar-refractivity contribution in [2.45, 2.75) is 13.8 Å². The molecule has 0 aliphatic carbocycles. The normalized spacial score (nSPS) is 10.7. The molecular weight excluding hydrogens is 486 g/mol. The van der Waals surface area contributed by atoms with E-state index in [0.717, 1.165) is 16.5 Å². The van der Waals surface area contributed by atoms with Crippen LogP contribution in [0.25, 0.3) is 10.9 Å². The maximum atomic E-state index is 12.7. The van der Waals surface area contributed by atoms with Gasteiger partial charge in [-0.3, -0.25) is 4.98 Å². The largest absolute Gasteiger partial charge is 0.495 e. The summed E-state index contributed by atoms with van der Waals surface area (Å²) in [6.45, 7) is 4.68. The maximum Gasteiger partial charge on any atom is 0.323 e. The number of ether oxygens (including phenoxy) is 5.